The highest BCUT2D eigenvalue weighted by atomic mass is 35.5. The summed E-state index contributed by atoms with van der Waals surface area (Å²) in [6.07, 6.45) is 5.96. The van der Waals surface area contributed by atoms with Crippen molar-refractivity contribution in [3.8, 4) is 11.5 Å². The molecule has 1 saturated carbocycles. The molecule has 1 atom stereocenters. The Bertz CT molecular complexity index is 1490. The Morgan fingerprint density at radius 3 is 2.50 bits per heavy atom. The largest absolute Gasteiger partial charge is 0.497 e. The van der Waals surface area contributed by atoms with Crippen LogP contribution in [0.3, 0.4) is 0 Å². The molecular weight excluding hydrogens is 526 g/mol. The van der Waals surface area contributed by atoms with Crippen molar-refractivity contribution in [3.05, 3.63) is 94.6 Å². The first kappa shape index (κ1) is 27.6. The van der Waals surface area contributed by atoms with Crippen LogP contribution in [0.1, 0.15) is 48.4 Å². The van der Waals surface area contributed by atoms with Crippen molar-refractivity contribution < 1.29 is 19.1 Å². The van der Waals surface area contributed by atoms with E-state index in [1.54, 1.807) is 43.4 Å². The van der Waals surface area contributed by atoms with Crippen molar-refractivity contribution >= 4 is 34.3 Å². The zero-order valence-electron chi connectivity index (χ0n) is 22.8. The number of nitrogens with one attached hydrogen (secondary N) is 2. The summed E-state index contributed by atoms with van der Waals surface area (Å²) in [6.45, 7) is 0.152. The number of fused-ring (bicyclic) bond motifs is 1. The molecule has 1 fully saturated rings. The fourth-order valence-electron chi connectivity index (χ4n) is 5.52. The smallest absolute Gasteiger partial charge is 0.247 e. The van der Waals surface area contributed by atoms with Crippen LogP contribution in [0.2, 0.25) is 5.02 Å². The first-order valence-corrected chi connectivity index (χ1v) is 14.0. The van der Waals surface area contributed by atoms with Gasteiger partial charge < -0.3 is 24.7 Å². The maximum absolute atomic E-state index is 14.3. The normalized spacial score (nSPS) is 14.2. The van der Waals surface area contributed by atoms with E-state index >= 15 is 0 Å². The molecule has 0 spiro atoms. The monoisotopic (exact) mass is 559 g/mol. The van der Waals surface area contributed by atoms with Crippen molar-refractivity contribution in [1.29, 1.82) is 0 Å². The number of hydrogen-bond acceptors (Lipinski definition) is 4. The minimum absolute atomic E-state index is 0.0742. The summed E-state index contributed by atoms with van der Waals surface area (Å²) < 4.78 is 11.1. The number of amides is 2. The van der Waals surface area contributed by atoms with Gasteiger partial charge in [-0.15, -0.1) is 0 Å². The molecule has 7 nitrogen and oxygen atoms in total. The average Bonchev–Trinajstić information content (AvgIpc) is 3.64. The van der Waals surface area contributed by atoms with Gasteiger partial charge in [-0.1, -0.05) is 60.8 Å². The van der Waals surface area contributed by atoms with E-state index in [-0.39, 0.29) is 30.8 Å². The van der Waals surface area contributed by atoms with Gasteiger partial charge in [0.15, 0.2) is 0 Å². The molecule has 2 amide bonds. The number of hydrogen-bond donors (Lipinski definition) is 2. The Balaban J connectivity index is 1.59. The van der Waals surface area contributed by atoms with Gasteiger partial charge in [0.1, 0.15) is 17.5 Å². The Labute approximate surface area is 239 Å². The molecule has 0 saturated heterocycles. The second-order valence-electron chi connectivity index (χ2n) is 10.1. The SMILES string of the molecule is COc1ccc([C@H](C(=O)NC2CCCC2)N(Cc2ccccc2Cl)C(=O)Cc2c[nH]c3ccccc23)c(OC)c1. The zero-order chi connectivity index (χ0) is 28.1. The number of methoxy groups -OCH3 is 2. The summed E-state index contributed by atoms with van der Waals surface area (Å²) in [6, 6.07) is 19.7. The van der Waals surface area contributed by atoms with Crippen molar-refractivity contribution in [2.75, 3.05) is 14.2 Å². The molecule has 1 heterocycles. The Morgan fingerprint density at radius 2 is 1.75 bits per heavy atom. The molecule has 4 aromatic rings. The average molecular weight is 560 g/mol. The highest BCUT2D eigenvalue weighted by Crippen LogP contribution is 2.36. The number of halogens is 1. The van der Waals surface area contributed by atoms with Crippen molar-refractivity contribution in [3.63, 3.8) is 0 Å². The summed E-state index contributed by atoms with van der Waals surface area (Å²) in [5, 5.41) is 4.73. The van der Waals surface area contributed by atoms with E-state index in [0.29, 0.717) is 22.1 Å². The maximum Gasteiger partial charge on any atom is 0.247 e. The van der Waals surface area contributed by atoms with Gasteiger partial charge >= 0.3 is 0 Å². The summed E-state index contributed by atoms with van der Waals surface area (Å²) in [7, 11) is 3.13. The van der Waals surface area contributed by atoms with Gasteiger partial charge in [-0.2, -0.15) is 0 Å². The molecule has 0 bridgehead atoms. The highest BCUT2D eigenvalue weighted by molar-refractivity contribution is 6.31. The topological polar surface area (TPSA) is 83.7 Å². The van der Waals surface area contributed by atoms with Gasteiger partial charge in [0, 0.05) is 46.3 Å². The van der Waals surface area contributed by atoms with Gasteiger partial charge in [-0.3, -0.25) is 9.59 Å². The molecule has 40 heavy (non-hydrogen) atoms. The van der Waals surface area contributed by atoms with Gasteiger partial charge in [-0.05, 0) is 48.2 Å². The van der Waals surface area contributed by atoms with Crippen molar-refractivity contribution in [1.82, 2.24) is 15.2 Å². The number of carbonyl (C=O) groups excluding carboxylic acids is 2. The van der Waals surface area contributed by atoms with E-state index in [2.05, 4.69) is 10.3 Å². The fraction of sp³-hybridized carbons (Fsp3) is 0.312. The van der Waals surface area contributed by atoms with Crippen LogP contribution in [0.25, 0.3) is 10.9 Å². The van der Waals surface area contributed by atoms with E-state index in [4.69, 9.17) is 21.1 Å². The Hall–Kier alpha value is -3.97. The lowest BCUT2D eigenvalue weighted by atomic mass is 9.99. The molecule has 0 unspecified atom stereocenters. The van der Waals surface area contributed by atoms with Gasteiger partial charge in [0.2, 0.25) is 11.8 Å². The molecule has 1 aromatic heterocycles. The molecule has 1 aliphatic rings. The number of carbonyl (C=O) groups is 2. The molecule has 0 radical (unpaired) electrons. The number of aromatic nitrogens is 1. The van der Waals surface area contributed by atoms with Crippen molar-refractivity contribution in [2.24, 2.45) is 0 Å². The van der Waals surface area contributed by atoms with Crippen LogP contribution in [0, 0.1) is 0 Å². The predicted molar refractivity (Wildman–Crippen MR) is 157 cm³/mol. The van der Waals surface area contributed by atoms with E-state index in [0.717, 1.165) is 47.7 Å². The molecule has 0 aliphatic heterocycles. The van der Waals surface area contributed by atoms with Crippen LogP contribution in [-0.4, -0.2) is 42.0 Å². The van der Waals surface area contributed by atoms with Crippen LogP contribution < -0.4 is 14.8 Å². The lowest BCUT2D eigenvalue weighted by molar-refractivity contribution is -0.141. The van der Waals surface area contributed by atoms with Crippen LogP contribution in [-0.2, 0) is 22.6 Å². The predicted octanol–water partition coefficient (Wildman–Crippen LogP) is 6.21. The number of rotatable bonds is 10. The Kier molecular flexibility index (Phi) is 8.60. The number of nitrogens with zero attached hydrogens (tertiary/aromatic N) is 1. The molecule has 5 rings (SSSR count). The molecular formula is C32H34ClN3O4. The van der Waals surface area contributed by atoms with E-state index in [9.17, 15) is 9.59 Å². The number of para-hydroxylation sites is 1. The van der Waals surface area contributed by atoms with E-state index in [1.807, 2.05) is 48.7 Å². The fourth-order valence-corrected chi connectivity index (χ4v) is 5.72. The summed E-state index contributed by atoms with van der Waals surface area (Å²) in [4.78, 5) is 33.3. The standard InChI is InChI=1S/C32H34ClN3O4/c1-39-24-15-16-26(29(18-24)40-2)31(32(38)35-23-10-4-5-11-23)36(20-21-9-3-7-13-27(21)33)30(37)17-22-19-34-28-14-8-6-12-25(22)28/h3,6-9,12-16,18-19,23,31,34H,4-5,10-11,17,20H2,1-2H3,(H,35,38)/t31-/m1/s1. The highest BCUT2D eigenvalue weighted by Gasteiger charge is 2.35. The summed E-state index contributed by atoms with van der Waals surface area (Å²) in [5.74, 6) is 0.622. The number of ether oxygens (including phenoxy) is 2. The van der Waals surface area contributed by atoms with Gasteiger partial charge in [0.05, 0.1) is 20.6 Å². The third kappa shape index (κ3) is 5.94. The zero-order valence-corrected chi connectivity index (χ0v) is 23.5. The van der Waals surface area contributed by atoms with Crippen molar-refractivity contribution in [2.45, 2.75) is 50.7 Å². The van der Waals surface area contributed by atoms with Crippen LogP contribution in [0.15, 0.2) is 72.9 Å². The molecule has 2 N–H and O–H groups in total. The maximum atomic E-state index is 14.3. The van der Waals surface area contributed by atoms with E-state index < -0.39 is 6.04 Å². The molecule has 8 heteroatoms. The molecule has 208 valence electrons. The summed E-state index contributed by atoms with van der Waals surface area (Å²) >= 11 is 6.58. The lowest BCUT2D eigenvalue weighted by Gasteiger charge is -2.33. The quantitative estimate of drug-likeness (QED) is 0.242. The minimum Gasteiger partial charge on any atom is -0.497 e. The minimum atomic E-state index is -0.949. The third-order valence-corrected chi connectivity index (χ3v) is 8.00. The Morgan fingerprint density at radius 1 is 1.00 bits per heavy atom. The second-order valence-corrected chi connectivity index (χ2v) is 10.6. The van der Waals surface area contributed by atoms with Crippen LogP contribution >= 0.6 is 11.6 Å². The third-order valence-electron chi connectivity index (χ3n) is 7.63. The van der Waals surface area contributed by atoms with E-state index in [1.165, 1.54) is 0 Å². The van der Waals surface area contributed by atoms with Gasteiger partial charge in [0.25, 0.3) is 0 Å². The molecule has 3 aromatic carbocycles. The number of H-pyrrole nitrogens is 1. The first-order valence-electron chi connectivity index (χ1n) is 13.6. The number of aromatic amines is 1. The lowest BCUT2D eigenvalue weighted by Crippen LogP contribution is -2.46. The summed E-state index contributed by atoms with van der Waals surface area (Å²) in [5.41, 5.74) is 3.15. The second kappa shape index (κ2) is 12.5. The number of benzene rings is 3. The van der Waals surface area contributed by atoms with Crippen LogP contribution in [0.4, 0.5) is 0 Å². The first-order chi connectivity index (χ1) is 19.5. The molecule has 1 aliphatic carbocycles. The van der Waals surface area contributed by atoms with Crippen LogP contribution in [0.5, 0.6) is 11.5 Å². The van der Waals surface area contributed by atoms with Gasteiger partial charge in [-0.25, -0.2) is 0 Å².